The third kappa shape index (κ3) is 5.52. The summed E-state index contributed by atoms with van der Waals surface area (Å²) in [5.74, 6) is -0.424. The Morgan fingerprint density at radius 1 is 1.29 bits per heavy atom. The second-order valence-electron chi connectivity index (χ2n) is 5.99. The van der Waals surface area contributed by atoms with Gasteiger partial charge in [0.15, 0.2) is 0 Å². The van der Waals surface area contributed by atoms with E-state index in [-0.39, 0.29) is 24.1 Å². The van der Waals surface area contributed by atoms with Crippen LogP contribution in [0.5, 0.6) is 0 Å². The first-order valence-corrected chi connectivity index (χ1v) is 11.1. The largest absolute Gasteiger partial charge is 0.378 e. The minimum atomic E-state index is -3.58. The molecule has 1 saturated heterocycles. The van der Waals surface area contributed by atoms with E-state index < -0.39 is 20.0 Å². The van der Waals surface area contributed by atoms with Gasteiger partial charge in [-0.3, -0.25) is 0 Å². The first kappa shape index (κ1) is 19.3. The maximum absolute atomic E-state index is 12.3. The Morgan fingerprint density at radius 3 is 2.71 bits per heavy atom. The number of hydrogen-bond donors (Lipinski definition) is 1. The number of morpholine rings is 1. The van der Waals surface area contributed by atoms with Gasteiger partial charge in [0, 0.05) is 19.1 Å². The first-order chi connectivity index (χ1) is 11.2. The molecule has 1 aliphatic rings. The van der Waals surface area contributed by atoms with Crippen molar-refractivity contribution in [2.24, 2.45) is 0 Å². The van der Waals surface area contributed by atoms with Crippen LogP contribution in [0.15, 0.2) is 24.3 Å². The van der Waals surface area contributed by atoms with Crippen LogP contribution in [0.2, 0.25) is 0 Å². The lowest BCUT2D eigenvalue weighted by molar-refractivity contribution is 0.0393. The molecule has 1 fully saturated rings. The minimum Gasteiger partial charge on any atom is -0.378 e. The highest BCUT2D eigenvalue weighted by atomic mass is 32.2. The zero-order valence-electron chi connectivity index (χ0n) is 13.9. The van der Waals surface area contributed by atoms with Gasteiger partial charge in [0.2, 0.25) is 20.0 Å². The number of nitrogens with zero attached hydrogens (tertiary/aromatic N) is 1. The summed E-state index contributed by atoms with van der Waals surface area (Å²) in [6.45, 7) is 4.55. The number of rotatable bonds is 7. The Bertz CT molecular complexity index is 762. The van der Waals surface area contributed by atoms with Crippen LogP contribution in [0.25, 0.3) is 0 Å². The van der Waals surface area contributed by atoms with Crippen LogP contribution in [0, 0.1) is 6.92 Å². The fraction of sp³-hybridized carbons (Fsp3) is 0.600. The molecule has 24 heavy (non-hydrogen) atoms. The van der Waals surface area contributed by atoms with Crippen LogP contribution in [-0.4, -0.2) is 59.2 Å². The van der Waals surface area contributed by atoms with Crippen molar-refractivity contribution in [3.63, 3.8) is 0 Å². The zero-order chi connectivity index (χ0) is 17.8. The van der Waals surface area contributed by atoms with Crippen LogP contribution >= 0.6 is 0 Å². The first-order valence-electron chi connectivity index (χ1n) is 7.80. The minimum absolute atomic E-state index is 0.138. The van der Waals surface area contributed by atoms with E-state index in [1.54, 1.807) is 25.1 Å². The van der Waals surface area contributed by atoms with E-state index in [2.05, 4.69) is 4.72 Å². The molecule has 0 aromatic heterocycles. The molecule has 0 amide bonds. The van der Waals surface area contributed by atoms with Gasteiger partial charge in [-0.05, 0) is 19.4 Å². The van der Waals surface area contributed by atoms with Crippen LogP contribution in [0.3, 0.4) is 0 Å². The Kier molecular flexibility index (Phi) is 6.38. The summed E-state index contributed by atoms with van der Waals surface area (Å²) in [6.07, 6.45) is 0. The number of benzene rings is 1. The van der Waals surface area contributed by atoms with Crippen LogP contribution < -0.4 is 4.72 Å². The van der Waals surface area contributed by atoms with Gasteiger partial charge in [-0.1, -0.05) is 29.8 Å². The molecule has 0 spiro atoms. The third-order valence-corrected chi connectivity index (χ3v) is 7.12. The van der Waals surface area contributed by atoms with E-state index in [1.165, 1.54) is 4.31 Å². The van der Waals surface area contributed by atoms with Crippen molar-refractivity contribution < 1.29 is 21.6 Å². The highest BCUT2D eigenvalue weighted by Gasteiger charge is 2.29. The quantitative estimate of drug-likeness (QED) is 0.746. The van der Waals surface area contributed by atoms with E-state index in [1.807, 2.05) is 13.0 Å². The average Bonchev–Trinajstić information content (AvgIpc) is 2.46. The highest BCUT2D eigenvalue weighted by molar-refractivity contribution is 7.89. The van der Waals surface area contributed by atoms with Crippen molar-refractivity contribution in [3.8, 4) is 0 Å². The normalized spacial score (nSPS) is 20.2. The fourth-order valence-corrected chi connectivity index (χ4v) is 5.46. The molecular weight excluding hydrogens is 352 g/mol. The monoisotopic (exact) mass is 376 g/mol. The predicted molar refractivity (Wildman–Crippen MR) is 92.6 cm³/mol. The van der Waals surface area contributed by atoms with Crippen LogP contribution in [-0.2, 0) is 30.5 Å². The van der Waals surface area contributed by atoms with Crippen LogP contribution in [0.4, 0.5) is 0 Å². The summed E-state index contributed by atoms with van der Waals surface area (Å²) in [5, 5.41) is 0. The second-order valence-corrected chi connectivity index (χ2v) is 9.84. The summed E-state index contributed by atoms with van der Waals surface area (Å²) in [6, 6.07) is 6.99. The van der Waals surface area contributed by atoms with Crippen molar-refractivity contribution in [1.29, 1.82) is 0 Å². The van der Waals surface area contributed by atoms with Gasteiger partial charge >= 0.3 is 0 Å². The molecule has 1 atom stereocenters. The topological polar surface area (TPSA) is 92.8 Å². The summed E-state index contributed by atoms with van der Waals surface area (Å²) >= 11 is 0. The number of sulfonamides is 2. The molecule has 1 aliphatic heterocycles. The second kappa shape index (κ2) is 7.92. The Morgan fingerprint density at radius 2 is 2.04 bits per heavy atom. The van der Waals surface area contributed by atoms with E-state index in [0.717, 1.165) is 5.56 Å². The summed E-state index contributed by atoms with van der Waals surface area (Å²) < 4.78 is 57.8. The lowest BCUT2D eigenvalue weighted by atomic mass is 10.2. The van der Waals surface area contributed by atoms with E-state index in [0.29, 0.717) is 25.3 Å². The smallest absolute Gasteiger partial charge is 0.215 e. The van der Waals surface area contributed by atoms with Gasteiger partial charge in [-0.25, -0.2) is 21.6 Å². The molecule has 1 heterocycles. The fourth-order valence-electron chi connectivity index (χ4n) is 2.64. The maximum Gasteiger partial charge on any atom is 0.215 e. The van der Waals surface area contributed by atoms with Crippen molar-refractivity contribution in [3.05, 3.63) is 35.4 Å². The molecule has 0 saturated carbocycles. The molecule has 1 aromatic carbocycles. The zero-order valence-corrected chi connectivity index (χ0v) is 15.6. The van der Waals surface area contributed by atoms with Gasteiger partial charge in [-0.15, -0.1) is 0 Å². The summed E-state index contributed by atoms with van der Waals surface area (Å²) in [5.41, 5.74) is 1.65. The lowest BCUT2D eigenvalue weighted by Crippen LogP contribution is -2.49. The molecule has 0 bridgehead atoms. The van der Waals surface area contributed by atoms with Gasteiger partial charge in [0.1, 0.15) is 0 Å². The standard InChI is InChI=1S/C15H24N2O5S2/c1-13-4-3-5-15(10-13)12-23(18,19)16-6-9-24(20,21)17-7-8-22-11-14(17)2/h3-5,10,14,16H,6-9,11-12H2,1-2H3. The summed E-state index contributed by atoms with van der Waals surface area (Å²) in [4.78, 5) is 0. The number of nitrogens with one attached hydrogen (secondary N) is 1. The van der Waals surface area contributed by atoms with Gasteiger partial charge in [-0.2, -0.15) is 4.31 Å². The summed E-state index contributed by atoms with van der Waals surface area (Å²) in [7, 11) is -7.08. The van der Waals surface area contributed by atoms with Crippen molar-refractivity contribution >= 4 is 20.0 Å². The SMILES string of the molecule is Cc1cccc(CS(=O)(=O)NCCS(=O)(=O)N2CCOCC2C)c1. The molecule has 2 rings (SSSR count). The molecule has 1 aromatic rings. The molecule has 1 unspecified atom stereocenters. The lowest BCUT2D eigenvalue weighted by Gasteiger charge is -2.32. The van der Waals surface area contributed by atoms with E-state index >= 15 is 0 Å². The number of hydrogen-bond acceptors (Lipinski definition) is 5. The molecule has 9 heteroatoms. The molecule has 1 N–H and O–H groups in total. The third-order valence-electron chi connectivity index (χ3n) is 3.79. The Hall–Kier alpha value is -1.00. The molecular formula is C15H24N2O5S2. The highest BCUT2D eigenvalue weighted by Crippen LogP contribution is 2.12. The Balaban J connectivity index is 1.90. The predicted octanol–water partition coefficient (Wildman–Crippen LogP) is 0.465. The van der Waals surface area contributed by atoms with Gasteiger partial charge in [0.05, 0.1) is 24.7 Å². The van der Waals surface area contributed by atoms with Crippen molar-refractivity contribution in [2.45, 2.75) is 25.6 Å². The van der Waals surface area contributed by atoms with E-state index in [9.17, 15) is 16.8 Å². The van der Waals surface area contributed by atoms with Gasteiger partial charge in [0.25, 0.3) is 0 Å². The molecule has 0 radical (unpaired) electrons. The van der Waals surface area contributed by atoms with Gasteiger partial charge < -0.3 is 4.74 Å². The van der Waals surface area contributed by atoms with E-state index in [4.69, 9.17) is 4.74 Å². The van der Waals surface area contributed by atoms with Crippen molar-refractivity contribution in [2.75, 3.05) is 32.1 Å². The number of ether oxygens (including phenoxy) is 1. The average molecular weight is 377 g/mol. The maximum atomic E-state index is 12.3. The molecule has 136 valence electrons. The van der Waals surface area contributed by atoms with Crippen molar-refractivity contribution in [1.82, 2.24) is 9.03 Å². The molecule has 0 aliphatic carbocycles. The van der Waals surface area contributed by atoms with Crippen LogP contribution in [0.1, 0.15) is 18.1 Å². The molecule has 7 nitrogen and oxygen atoms in total. The Labute approximate surface area is 144 Å². The number of aryl methyl sites for hydroxylation is 1.